The predicted molar refractivity (Wildman–Crippen MR) is 140 cm³/mol. The maximum atomic E-state index is 6.43. The summed E-state index contributed by atoms with van der Waals surface area (Å²) in [6.07, 6.45) is 12.5. The average Bonchev–Trinajstić information content (AvgIpc) is 2.87. The third-order valence-corrected chi connectivity index (χ3v) is 9.12. The zero-order chi connectivity index (χ0) is 23.8. The lowest BCUT2D eigenvalue weighted by Crippen LogP contribution is -2.42. The Hall–Kier alpha value is -1.66. The topological polar surface area (TPSA) is 36.9 Å². The number of benzene rings is 2. The average molecular weight is 473 g/mol. The van der Waals surface area contributed by atoms with Crippen molar-refractivity contribution in [2.45, 2.75) is 77.2 Å². The molecule has 184 valence electrons. The summed E-state index contributed by atoms with van der Waals surface area (Å²) in [7, 11) is 2.41. The van der Waals surface area contributed by atoms with Gasteiger partial charge in [-0.05, 0) is 30.4 Å². The fourth-order valence-corrected chi connectivity index (χ4v) is 5.96. The lowest BCUT2D eigenvalue weighted by molar-refractivity contribution is 0.121. The number of hydrogen-bond acceptors (Lipinski definition) is 4. The van der Waals surface area contributed by atoms with Crippen molar-refractivity contribution in [1.82, 2.24) is 0 Å². The number of aryl methyl sites for hydroxylation is 1. The maximum absolute atomic E-state index is 6.43. The van der Waals surface area contributed by atoms with Gasteiger partial charge in [-0.2, -0.15) is 0 Å². The highest BCUT2D eigenvalue weighted by Gasteiger charge is 2.37. The van der Waals surface area contributed by atoms with Gasteiger partial charge in [-0.15, -0.1) is 0 Å². The Morgan fingerprint density at radius 3 is 1.94 bits per heavy atom. The molecule has 2 aromatic carbocycles. The van der Waals surface area contributed by atoms with E-state index in [1.54, 1.807) is 21.3 Å². The van der Waals surface area contributed by atoms with Crippen LogP contribution in [-0.4, -0.2) is 36.7 Å². The van der Waals surface area contributed by atoms with E-state index in [0.717, 1.165) is 24.6 Å². The molecule has 0 spiro atoms. The summed E-state index contributed by atoms with van der Waals surface area (Å²) in [6, 6.07) is 17.8. The van der Waals surface area contributed by atoms with E-state index in [1.165, 1.54) is 68.1 Å². The monoisotopic (exact) mass is 472 g/mol. The van der Waals surface area contributed by atoms with Gasteiger partial charge in [0.05, 0.1) is 6.61 Å². The molecule has 0 N–H and O–H groups in total. The molecule has 0 aliphatic rings. The highest BCUT2D eigenvalue weighted by molar-refractivity contribution is 6.60. The van der Waals surface area contributed by atoms with E-state index in [0.29, 0.717) is 6.61 Å². The van der Waals surface area contributed by atoms with E-state index >= 15 is 0 Å². The SMILES string of the molecule is CCCCCCCCCCc1cccc(-c2ccccc2)c1OCCC[Si](OC)(OC)OC. The van der Waals surface area contributed by atoms with Crippen LogP contribution in [-0.2, 0) is 19.7 Å². The summed E-state index contributed by atoms with van der Waals surface area (Å²) in [4.78, 5) is 0. The van der Waals surface area contributed by atoms with Crippen LogP contribution in [0.1, 0.15) is 70.3 Å². The molecule has 0 amide bonds. The minimum Gasteiger partial charge on any atom is -0.493 e. The number of unbranched alkanes of at least 4 members (excludes halogenated alkanes) is 7. The second-order valence-corrected chi connectivity index (χ2v) is 11.7. The van der Waals surface area contributed by atoms with Crippen LogP contribution in [0.5, 0.6) is 5.75 Å². The molecular formula is C28H44O4Si. The van der Waals surface area contributed by atoms with E-state index in [2.05, 4.69) is 55.5 Å². The van der Waals surface area contributed by atoms with Crippen LogP contribution in [0.4, 0.5) is 0 Å². The minimum atomic E-state index is -2.57. The molecule has 0 atom stereocenters. The van der Waals surface area contributed by atoms with Gasteiger partial charge in [0.2, 0.25) is 0 Å². The second kappa shape index (κ2) is 16.0. The highest BCUT2D eigenvalue weighted by atomic mass is 28.4. The Kier molecular flexibility index (Phi) is 13.4. The normalized spacial score (nSPS) is 11.6. The second-order valence-electron chi connectivity index (χ2n) is 8.63. The first-order valence-electron chi connectivity index (χ1n) is 12.6. The lowest BCUT2D eigenvalue weighted by Gasteiger charge is -2.24. The molecule has 0 radical (unpaired) electrons. The van der Waals surface area contributed by atoms with Gasteiger partial charge in [0.1, 0.15) is 5.75 Å². The molecule has 0 saturated heterocycles. The minimum absolute atomic E-state index is 0.610. The van der Waals surface area contributed by atoms with E-state index in [9.17, 15) is 0 Å². The van der Waals surface area contributed by atoms with Crippen molar-refractivity contribution < 1.29 is 18.0 Å². The largest absolute Gasteiger partial charge is 0.500 e. The molecule has 0 aliphatic carbocycles. The van der Waals surface area contributed by atoms with E-state index in [4.69, 9.17) is 18.0 Å². The summed E-state index contributed by atoms with van der Waals surface area (Å²) in [6.45, 7) is 2.88. The first-order chi connectivity index (χ1) is 16.2. The maximum Gasteiger partial charge on any atom is 0.500 e. The zero-order valence-electron chi connectivity index (χ0n) is 21.2. The molecule has 5 heteroatoms. The van der Waals surface area contributed by atoms with Crippen LogP contribution >= 0.6 is 0 Å². The Morgan fingerprint density at radius 1 is 0.667 bits per heavy atom. The molecule has 0 saturated carbocycles. The zero-order valence-corrected chi connectivity index (χ0v) is 22.2. The van der Waals surface area contributed by atoms with Gasteiger partial charge >= 0.3 is 8.80 Å². The van der Waals surface area contributed by atoms with Crippen molar-refractivity contribution in [2.75, 3.05) is 27.9 Å². The van der Waals surface area contributed by atoms with Crippen LogP contribution in [0.15, 0.2) is 48.5 Å². The Morgan fingerprint density at radius 2 is 1.30 bits per heavy atom. The molecule has 0 fully saturated rings. The lowest BCUT2D eigenvalue weighted by atomic mass is 9.98. The van der Waals surface area contributed by atoms with Crippen molar-refractivity contribution in [3.63, 3.8) is 0 Å². The van der Waals surface area contributed by atoms with Crippen molar-refractivity contribution in [3.05, 3.63) is 54.1 Å². The quantitative estimate of drug-likeness (QED) is 0.165. The van der Waals surface area contributed by atoms with Crippen molar-refractivity contribution in [2.24, 2.45) is 0 Å². The Labute approximate surface area is 203 Å². The van der Waals surface area contributed by atoms with Gasteiger partial charge in [-0.1, -0.05) is 100 Å². The molecule has 4 nitrogen and oxygen atoms in total. The summed E-state index contributed by atoms with van der Waals surface area (Å²) >= 11 is 0. The van der Waals surface area contributed by atoms with Crippen LogP contribution in [0.3, 0.4) is 0 Å². The van der Waals surface area contributed by atoms with Crippen LogP contribution in [0.2, 0.25) is 6.04 Å². The van der Waals surface area contributed by atoms with Gasteiger partial charge in [0.15, 0.2) is 0 Å². The number of hydrogen-bond donors (Lipinski definition) is 0. The van der Waals surface area contributed by atoms with E-state index in [1.807, 2.05) is 0 Å². The highest BCUT2D eigenvalue weighted by Crippen LogP contribution is 2.34. The molecular weight excluding hydrogens is 428 g/mol. The third kappa shape index (κ3) is 9.24. The van der Waals surface area contributed by atoms with Gasteiger partial charge in [0, 0.05) is 32.9 Å². The first kappa shape index (κ1) is 27.6. The van der Waals surface area contributed by atoms with E-state index < -0.39 is 8.80 Å². The number of rotatable bonds is 18. The summed E-state index contributed by atoms with van der Waals surface area (Å²) in [5, 5.41) is 0. The summed E-state index contributed by atoms with van der Waals surface area (Å²) < 4.78 is 23.1. The Balaban J connectivity index is 2.00. The fourth-order valence-electron chi connectivity index (χ4n) is 4.27. The van der Waals surface area contributed by atoms with E-state index in [-0.39, 0.29) is 0 Å². The smallest absolute Gasteiger partial charge is 0.493 e. The predicted octanol–water partition coefficient (Wildman–Crippen LogP) is 7.68. The number of para-hydroxylation sites is 1. The fraction of sp³-hybridized carbons (Fsp3) is 0.571. The van der Waals surface area contributed by atoms with Gasteiger partial charge in [-0.3, -0.25) is 0 Å². The first-order valence-corrected chi connectivity index (χ1v) is 14.6. The molecule has 2 aromatic rings. The molecule has 0 aliphatic heterocycles. The van der Waals surface area contributed by atoms with Gasteiger partial charge in [-0.25, -0.2) is 0 Å². The van der Waals surface area contributed by atoms with Crippen LogP contribution in [0.25, 0.3) is 11.1 Å². The van der Waals surface area contributed by atoms with Gasteiger partial charge in [0.25, 0.3) is 0 Å². The van der Waals surface area contributed by atoms with Gasteiger partial charge < -0.3 is 18.0 Å². The van der Waals surface area contributed by atoms with Crippen molar-refractivity contribution in [3.8, 4) is 16.9 Å². The van der Waals surface area contributed by atoms with Crippen LogP contribution in [0, 0.1) is 0 Å². The molecule has 0 aromatic heterocycles. The molecule has 2 rings (SSSR count). The van der Waals surface area contributed by atoms with Crippen LogP contribution < -0.4 is 4.74 Å². The van der Waals surface area contributed by atoms with Crippen molar-refractivity contribution >= 4 is 8.80 Å². The summed E-state index contributed by atoms with van der Waals surface area (Å²) in [5.74, 6) is 1.02. The third-order valence-electron chi connectivity index (χ3n) is 6.29. The molecule has 33 heavy (non-hydrogen) atoms. The van der Waals surface area contributed by atoms with Crippen molar-refractivity contribution in [1.29, 1.82) is 0 Å². The molecule has 0 unspecified atom stereocenters. The summed E-state index contributed by atoms with van der Waals surface area (Å²) in [5.41, 5.74) is 3.66. The molecule has 0 heterocycles. The number of ether oxygens (including phenoxy) is 1. The molecule has 0 bridgehead atoms. The Bertz CT molecular complexity index is 753. The standard InChI is InChI=1S/C28H44O4Si/c1-5-6-7-8-9-10-11-13-20-26-21-16-22-27(25-18-14-12-15-19-25)28(26)32-23-17-24-33(29-2,30-3)31-4/h12,14-16,18-19,21-22H,5-11,13,17,20,23-24H2,1-4H3.